The van der Waals surface area contributed by atoms with E-state index < -0.39 is 11.3 Å². The average molecular weight is 368 g/mol. The summed E-state index contributed by atoms with van der Waals surface area (Å²) < 4.78 is 14.9. The average Bonchev–Trinajstić information content (AvgIpc) is 3.04. The van der Waals surface area contributed by atoms with Crippen molar-refractivity contribution in [2.24, 2.45) is 0 Å². The number of carbonyl (C=O) groups excluding carboxylic acids is 1. The molecule has 0 fully saturated rings. The third-order valence-electron chi connectivity index (χ3n) is 4.72. The highest BCUT2D eigenvalue weighted by Crippen LogP contribution is 2.43. The molecule has 2 aromatic carbocycles. The molecule has 2 atom stereocenters. The fourth-order valence-electron chi connectivity index (χ4n) is 3.12. The molecule has 0 aliphatic rings. The minimum Gasteiger partial charge on any atom is -0.348 e. The lowest BCUT2D eigenvalue weighted by molar-refractivity contribution is -0.131. The molecule has 0 spiro atoms. The van der Waals surface area contributed by atoms with Gasteiger partial charge in [-0.15, -0.1) is 17.9 Å². The zero-order valence-corrected chi connectivity index (χ0v) is 15.9. The Bertz CT molecular complexity index is 932. The molecule has 26 heavy (non-hydrogen) atoms. The van der Waals surface area contributed by atoms with Crippen LogP contribution in [0.5, 0.6) is 0 Å². The standard InChI is InChI=1S/C21H21FN2OS/c1-5-21(2,14-9-8-10-15(22)13-14)18(20(25)24(3)4)19-23-16-11-6-7-12-17(16)26-19/h5-13,18H,1H2,2-4H3/t18-,21+/m1/s1. The second-order valence-corrected chi connectivity index (χ2v) is 7.74. The Hall–Kier alpha value is -2.53. The molecule has 3 nitrogen and oxygen atoms in total. The molecule has 3 aromatic rings. The van der Waals surface area contributed by atoms with E-state index in [4.69, 9.17) is 4.98 Å². The van der Waals surface area contributed by atoms with Gasteiger partial charge in [-0.3, -0.25) is 4.79 Å². The predicted molar refractivity (Wildman–Crippen MR) is 105 cm³/mol. The lowest BCUT2D eigenvalue weighted by Crippen LogP contribution is -2.40. The van der Waals surface area contributed by atoms with Gasteiger partial charge in [-0.25, -0.2) is 9.37 Å². The molecule has 1 aromatic heterocycles. The molecule has 0 saturated heterocycles. The highest BCUT2D eigenvalue weighted by atomic mass is 32.1. The molecular weight excluding hydrogens is 347 g/mol. The van der Waals surface area contributed by atoms with Crippen molar-refractivity contribution < 1.29 is 9.18 Å². The Morgan fingerprint density at radius 1 is 1.27 bits per heavy atom. The first kappa shape index (κ1) is 18.3. The number of fused-ring (bicyclic) bond motifs is 1. The Morgan fingerprint density at radius 3 is 2.62 bits per heavy atom. The summed E-state index contributed by atoms with van der Waals surface area (Å²) in [7, 11) is 3.44. The lowest BCUT2D eigenvalue weighted by Gasteiger charge is -2.35. The Labute approximate surface area is 156 Å². The fraction of sp³-hybridized carbons (Fsp3) is 0.238. The Balaban J connectivity index is 2.22. The third kappa shape index (κ3) is 3.15. The maximum Gasteiger partial charge on any atom is 0.233 e. The largest absolute Gasteiger partial charge is 0.348 e. The summed E-state index contributed by atoms with van der Waals surface area (Å²) in [5, 5.41) is 0.705. The summed E-state index contributed by atoms with van der Waals surface area (Å²) in [5.41, 5.74) is 0.763. The maximum absolute atomic E-state index is 13.9. The smallest absolute Gasteiger partial charge is 0.233 e. The number of aromatic nitrogens is 1. The van der Waals surface area contributed by atoms with Crippen LogP contribution in [0.3, 0.4) is 0 Å². The van der Waals surface area contributed by atoms with Crippen molar-refractivity contribution in [2.45, 2.75) is 18.3 Å². The van der Waals surface area contributed by atoms with Crippen molar-refractivity contribution in [3.63, 3.8) is 0 Å². The van der Waals surface area contributed by atoms with Crippen LogP contribution in [0.4, 0.5) is 4.39 Å². The highest BCUT2D eigenvalue weighted by Gasteiger charge is 2.42. The van der Waals surface area contributed by atoms with Crippen molar-refractivity contribution in [1.29, 1.82) is 0 Å². The molecule has 0 bridgehead atoms. The van der Waals surface area contributed by atoms with Crippen LogP contribution in [0.25, 0.3) is 10.2 Å². The summed E-state index contributed by atoms with van der Waals surface area (Å²) in [5.74, 6) is -1.01. The molecule has 0 aliphatic carbocycles. The number of carbonyl (C=O) groups is 1. The van der Waals surface area contributed by atoms with Crippen LogP contribution in [0.15, 0.2) is 61.2 Å². The number of benzene rings is 2. The van der Waals surface area contributed by atoms with Crippen LogP contribution in [0.1, 0.15) is 23.4 Å². The summed E-state index contributed by atoms with van der Waals surface area (Å²) in [6, 6.07) is 14.1. The quantitative estimate of drug-likeness (QED) is 0.609. The second kappa shape index (κ2) is 7.00. The first-order chi connectivity index (χ1) is 12.4. The van der Waals surface area contributed by atoms with E-state index in [1.54, 1.807) is 31.1 Å². The second-order valence-electron chi connectivity index (χ2n) is 6.68. The number of hydrogen-bond acceptors (Lipinski definition) is 3. The van der Waals surface area contributed by atoms with Crippen LogP contribution in [-0.2, 0) is 10.2 Å². The van der Waals surface area contributed by atoms with Gasteiger partial charge in [0, 0.05) is 19.5 Å². The van der Waals surface area contributed by atoms with Crippen LogP contribution >= 0.6 is 11.3 Å². The monoisotopic (exact) mass is 368 g/mol. The zero-order valence-electron chi connectivity index (χ0n) is 15.1. The first-order valence-corrected chi connectivity index (χ1v) is 9.14. The number of amides is 1. The molecular formula is C21H21FN2OS. The summed E-state index contributed by atoms with van der Waals surface area (Å²) in [6.07, 6.45) is 1.72. The number of rotatable bonds is 5. The topological polar surface area (TPSA) is 33.2 Å². The first-order valence-electron chi connectivity index (χ1n) is 8.33. The van der Waals surface area contributed by atoms with Crippen molar-refractivity contribution in [1.82, 2.24) is 9.88 Å². The minimum atomic E-state index is -0.794. The predicted octanol–water partition coefficient (Wildman–Crippen LogP) is 4.75. The molecule has 0 aliphatic heterocycles. The summed E-state index contributed by atoms with van der Waals surface area (Å²) in [6.45, 7) is 5.87. The third-order valence-corrected chi connectivity index (χ3v) is 5.82. The number of thiazole rings is 1. The van der Waals surface area contributed by atoms with E-state index in [1.807, 2.05) is 37.3 Å². The van der Waals surface area contributed by atoms with E-state index in [9.17, 15) is 9.18 Å². The number of allylic oxidation sites excluding steroid dienone is 1. The van der Waals surface area contributed by atoms with Gasteiger partial charge in [0.1, 0.15) is 16.7 Å². The van der Waals surface area contributed by atoms with E-state index in [0.29, 0.717) is 10.6 Å². The molecule has 3 rings (SSSR count). The number of likely N-dealkylation sites (N-methyl/N-ethyl adjacent to an activating group) is 1. The number of nitrogens with zero attached hydrogens (tertiary/aromatic N) is 2. The van der Waals surface area contributed by atoms with Crippen molar-refractivity contribution in [3.8, 4) is 0 Å². The molecule has 0 radical (unpaired) electrons. The minimum absolute atomic E-state index is 0.0873. The van der Waals surface area contributed by atoms with E-state index in [2.05, 4.69) is 6.58 Å². The van der Waals surface area contributed by atoms with Gasteiger partial charge >= 0.3 is 0 Å². The van der Waals surface area contributed by atoms with Crippen molar-refractivity contribution in [3.05, 3.63) is 77.6 Å². The van der Waals surface area contributed by atoms with Gasteiger partial charge in [0.25, 0.3) is 0 Å². The molecule has 1 heterocycles. The number of halogens is 1. The van der Waals surface area contributed by atoms with E-state index >= 15 is 0 Å². The molecule has 5 heteroatoms. The SMILES string of the molecule is C=C[C@@](C)(c1cccc(F)c1)[C@@H](C(=O)N(C)C)c1nc2ccccc2s1. The van der Waals surface area contributed by atoms with E-state index in [-0.39, 0.29) is 11.7 Å². The maximum atomic E-state index is 13.9. The molecule has 0 unspecified atom stereocenters. The van der Waals surface area contributed by atoms with Crippen LogP contribution in [-0.4, -0.2) is 29.9 Å². The number of para-hydroxylation sites is 1. The molecule has 134 valence electrons. The van der Waals surface area contributed by atoms with Gasteiger partial charge in [-0.2, -0.15) is 0 Å². The van der Waals surface area contributed by atoms with E-state index in [1.165, 1.54) is 23.5 Å². The van der Waals surface area contributed by atoms with Crippen LogP contribution in [0.2, 0.25) is 0 Å². The normalized spacial score (nSPS) is 14.6. The van der Waals surface area contributed by atoms with E-state index in [0.717, 1.165) is 10.2 Å². The lowest BCUT2D eigenvalue weighted by atomic mass is 9.71. The van der Waals surface area contributed by atoms with Gasteiger partial charge in [0.05, 0.1) is 10.2 Å². The molecule has 0 N–H and O–H groups in total. The Kier molecular flexibility index (Phi) is 4.92. The van der Waals surface area contributed by atoms with Crippen molar-refractivity contribution >= 4 is 27.5 Å². The van der Waals surface area contributed by atoms with Gasteiger partial charge in [0.15, 0.2) is 0 Å². The van der Waals surface area contributed by atoms with Gasteiger partial charge in [-0.1, -0.05) is 37.3 Å². The van der Waals surface area contributed by atoms with Crippen molar-refractivity contribution in [2.75, 3.05) is 14.1 Å². The van der Waals surface area contributed by atoms with Gasteiger partial charge in [-0.05, 0) is 29.8 Å². The van der Waals surface area contributed by atoms with Gasteiger partial charge in [0.2, 0.25) is 5.91 Å². The number of hydrogen-bond donors (Lipinski definition) is 0. The Morgan fingerprint density at radius 2 is 2.00 bits per heavy atom. The van der Waals surface area contributed by atoms with Crippen LogP contribution < -0.4 is 0 Å². The molecule has 1 amide bonds. The summed E-state index contributed by atoms with van der Waals surface area (Å²) in [4.78, 5) is 19.4. The molecule has 0 saturated carbocycles. The zero-order chi connectivity index (χ0) is 18.9. The summed E-state index contributed by atoms with van der Waals surface area (Å²) >= 11 is 1.49. The fourth-order valence-corrected chi connectivity index (χ4v) is 4.31. The van der Waals surface area contributed by atoms with Gasteiger partial charge < -0.3 is 4.90 Å². The highest BCUT2D eigenvalue weighted by molar-refractivity contribution is 7.18. The van der Waals surface area contributed by atoms with Crippen LogP contribution in [0, 0.1) is 5.82 Å².